The highest BCUT2D eigenvalue weighted by atomic mass is 79.9. The van der Waals surface area contributed by atoms with E-state index in [2.05, 4.69) is 15.9 Å². The molecule has 0 aromatic heterocycles. The van der Waals surface area contributed by atoms with Gasteiger partial charge in [0.15, 0.2) is 5.78 Å². The number of benzene rings is 2. The molecule has 2 rings (SSSR count). The summed E-state index contributed by atoms with van der Waals surface area (Å²) in [6, 6.07) is 11.9. The summed E-state index contributed by atoms with van der Waals surface area (Å²) in [5.74, 6) is -0.139. The zero-order valence-electron chi connectivity index (χ0n) is 10.8. The Kier molecular flexibility index (Phi) is 4.29. The molecule has 2 aromatic rings. The van der Waals surface area contributed by atoms with Crippen LogP contribution in [0.5, 0.6) is 0 Å². The molecule has 0 saturated heterocycles. The van der Waals surface area contributed by atoms with Gasteiger partial charge in [0.2, 0.25) is 0 Å². The lowest BCUT2D eigenvalue weighted by atomic mass is 10.0. The number of hydrogen-bond donors (Lipinski definition) is 0. The molecule has 0 fully saturated rings. The van der Waals surface area contributed by atoms with Gasteiger partial charge in [-0.3, -0.25) is 14.9 Å². The normalized spacial score (nSPS) is 10.3. The minimum Gasteiger partial charge on any atom is -0.294 e. The van der Waals surface area contributed by atoms with Crippen molar-refractivity contribution in [2.24, 2.45) is 0 Å². The average Bonchev–Trinajstić information content (AvgIpc) is 2.37. The second-order valence-corrected chi connectivity index (χ2v) is 5.46. The zero-order valence-corrected chi connectivity index (χ0v) is 12.4. The van der Waals surface area contributed by atoms with E-state index in [0.717, 1.165) is 11.1 Å². The van der Waals surface area contributed by atoms with E-state index in [1.165, 1.54) is 12.1 Å². The van der Waals surface area contributed by atoms with Crippen LogP contribution in [-0.4, -0.2) is 10.7 Å². The third-order valence-corrected chi connectivity index (χ3v) is 3.32. The second kappa shape index (κ2) is 5.96. The number of aryl methyl sites for hydroxylation is 1. The number of nitrogens with zero attached hydrogens (tertiary/aromatic N) is 1. The Bertz CT molecular complexity index is 683. The summed E-state index contributed by atoms with van der Waals surface area (Å²) < 4.78 is 0.527. The number of hydrogen-bond acceptors (Lipinski definition) is 3. The van der Waals surface area contributed by atoms with Crippen LogP contribution in [0.4, 0.5) is 5.69 Å². The van der Waals surface area contributed by atoms with E-state index in [4.69, 9.17) is 0 Å². The maximum Gasteiger partial charge on any atom is 0.271 e. The predicted molar refractivity (Wildman–Crippen MR) is 80.0 cm³/mol. The number of nitro benzene ring substituents is 1. The Morgan fingerprint density at radius 3 is 2.65 bits per heavy atom. The monoisotopic (exact) mass is 333 g/mol. The number of ketones is 1. The van der Waals surface area contributed by atoms with Gasteiger partial charge in [0, 0.05) is 28.6 Å². The molecule has 0 N–H and O–H groups in total. The van der Waals surface area contributed by atoms with Gasteiger partial charge in [-0.05, 0) is 18.6 Å². The summed E-state index contributed by atoms with van der Waals surface area (Å²) in [4.78, 5) is 22.5. The molecule has 0 unspecified atom stereocenters. The molecular weight excluding hydrogens is 322 g/mol. The molecule has 0 bridgehead atoms. The van der Waals surface area contributed by atoms with Crippen LogP contribution < -0.4 is 0 Å². The lowest BCUT2D eigenvalue weighted by Crippen LogP contribution is -2.04. The van der Waals surface area contributed by atoms with Gasteiger partial charge < -0.3 is 0 Å². The van der Waals surface area contributed by atoms with Crippen molar-refractivity contribution >= 4 is 27.4 Å². The number of carbonyl (C=O) groups is 1. The molecule has 0 aliphatic carbocycles. The number of halogens is 1. The Balaban J connectivity index is 2.27. The van der Waals surface area contributed by atoms with Crippen molar-refractivity contribution in [2.75, 3.05) is 0 Å². The first-order valence-electron chi connectivity index (χ1n) is 5.99. The molecule has 0 spiro atoms. The number of rotatable bonds is 4. The fourth-order valence-corrected chi connectivity index (χ4v) is 2.43. The topological polar surface area (TPSA) is 60.2 Å². The van der Waals surface area contributed by atoms with Crippen molar-refractivity contribution in [2.45, 2.75) is 13.3 Å². The fraction of sp³-hybridized carbons (Fsp3) is 0.133. The summed E-state index contributed by atoms with van der Waals surface area (Å²) in [7, 11) is 0. The van der Waals surface area contributed by atoms with Crippen LogP contribution >= 0.6 is 15.9 Å². The van der Waals surface area contributed by atoms with Crippen molar-refractivity contribution in [3.63, 3.8) is 0 Å². The molecule has 0 aliphatic rings. The van der Waals surface area contributed by atoms with Gasteiger partial charge in [0.1, 0.15) is 0 Å². The lowest BCUT2D eigenvalue weighted by molar-refractivity contribution is -0.385. The smallest absolute Gasteiger partial charge is 0.271 e. The van der Waals surface area contributed by atoms with Crippen LogP contribution in [0, 0.1) is 17.0 Å². The maximum atomic E-state index is 12.2. The molecule has 5 heteroatoms. The van der Waals surface area contributed by atoms with Gasteiger partial charge >= 0.3 is 0 Å². The largest absolute Gasteiger partial charge is 0.294 e. The molecular formula is C15H12BrNO3. The summed E-state index contributed by atoms with van der Waals surface area (Å²) in [5, 5.41) is 10.8. The van der Waals surface area contributed by atoms with Crippen LogP contribution in [0.2, 0.25) is 0 Å². The number of non-ortho nitro benzene ring substituents is 1. The van der Waals surface area contributed by atoms with Crippen molar-refractivity contribution in [1.82, 2.24) is 0 Å². The third-order valence-electron chi connectivity index (χ3n) is 2.86. The van der Waals surface area contributed by atoms with Crippen molar-refractivity contribution in [3.05, 3.63) is 73.7 Å². The Morgan fingerprint density at radius 2 is 2.00 bits per heavy atom. The number of Topliss-reactive ketones (excluding diaryl/α,β-unsaturated/α-hetero) is 1. The third kappa shape index (κ3) is 3.51. The highest BCUT2D eigenvalue weighted by Gasteiger charge is 2.14. The highest BCUT2D eigenvalue weighted by molar-refractivity contribution is 9.10. The minimum absolute atomic E-state index is 0.0908. The Hall–Kier alpha value is -2.01. The Morgan fingerprint density at radius 1 is 1.25 bits per heavy atom. The maximum absolute atomic E-state index is 12.2. The zero-order chi connectivity index (χ0) is 14.7. The predicted octanol–water partition coefficient (Wildman–Crippen LogP) is 4.09. The lowest BCUT2D eigenvalue weighted by Gasteiger charge is -2.04. The van der Waals surface area contributed by atoms with E-state index in [-0.39, 0.29) is 17.9 Å². The fourth-order valence-electron chi connectivity index (χ4n) is 1.95. The number of nitro groups is 1. The second-order valence-electron chi connectivity index (χ2n) is 4.54. The van der Waals surface area contributed by atoms with Crippen molar-refractivity contribution in [3.8, 4) is 0 Å². The first-order chi connectivity index (χ1) is 9.45. The summed E-state index contributed by atoms with van der Waals surface area (Å²) in [5.41, 5.74) is 2.23. The molecule has 4 nitrogen and oxygen atoms in total. The molecule has 0 radical (unpaired) electrons. The van der Waals surface area contributed by atoms with Gasteiger partial charge in [-0.25, -0.2) is 0 Å². The van der Waals surface area contributed by atoms with Gasteiger partial charge in [-0.2, -0.15) is 0 Å². The van der Waals surface area contributed by atoms with Crippen LogP contribution in [0.25, 0.3) is 0 Å². The summed E-state index contributed by atoms with van der Waals surface area (Å²) in [6.07, 6.45) is 0.231. The van der Waals surface area contributed by atoms with Gasteiger partial charge in [-0.1, -0.05) is 45.8 Å². The molecule has 2 aromatic carbocycles. The summed E-state index contributed by atoms with van der Waals surface area (Å²) in [6.45, 7) is 1.96. The van der Waals surface area contributed by atoms with E-state index < -0.39 is 4.92 Å². The van der Waals surface area contributed by atoms with Crippen molar-refractivity contribution in [1.29, 1.82) is 0 Å². The SMILES string of the molecule is Cc1cccc(CC(=O)c2cc(Br)cc([N+](=O)[O-])c2)c1. The highest BCUT2D eigenvalue weighted by Crippen LogP contribution is 2.22. The molecule has 102 valence electrons. The average molecular weight is 334 g/mol. The number of carbonyl (C=O) groups excluding carboxylic acids is 1. The first-order valence-corrected chi connectivity index (χ1v) is 6.79. The van der Waals surface area contributed by atoms with Crippen LogP contribution in [-0.2, 0) is 6.42 Å². The van der Waals surface area contributed by atoms with Crippen molar-refractivity contribution < 1.29 is 9.72 Å². The molecule has 0 heterocycles. The van der Waals surface area contributed by atoms with Gasteiger partial charge in [0.25, 0.3) is 5.69 Å². The molecule has 20 heavy (non-hydrogen) atoms. The van der Waals surface area contributed by atoms with Crippen LogP contribution in [0.1, 0.15) is 21.5 Å². The van der Waals surface area contributed by atoms with E-state index in [9.17, 15) is 14.9 Å². The van der Waals surface area contributed by atoms with Gasteiger partial charge in [-0.15, -0.1) is 0 Å². The van der Waals surface area contributed by atoms with E-state index >= 15 is 0 Å². The summed E-state index contributed by atoms with van der Waals surface area (Å²) >= 11 is 3.19. The Labute approximate surface area is 124 Å². The van der Waals surface area contributed by atoms with E-state index in [0.29, 0.717) is 10.0 Å². The standard InChI is InChI=1S/C15H12BrNO3/c1-10-3-2-4-11(5-10)6-15(18)12-7-13(16)9-14(8-12)17(19)20/h2-5,7-9H,6H2,1H3. The van der Waals surface area contributed by atoms with Crippen LogP contribution in [0.3, 0.4) is 0 Å². The van der Waals surface area contributed by atoms with Gasteiger partial charge in [0.05, 0.1) is 4.92 Å². The van der Waals surface area contributed by atoms with E-state index in [1.54, 1.807) is 6.07 Å². The molecule has 0 atom stereocenters. The minimum atomic E-state index is -0.506. The van der Waals surface area contributed by atoms with Crippen LogP contribution in [0.15, 0.2) is 46.9 Å². The quantitative estimate of drug-likeness (QED) is 0.481. The molecule has 0 amide bonds. The van der Waals surface area contributed by atoms with E-state index in [1.807, 2.05) is 31.2 Å². The first kappa shape index (κ1) is 14.4. The molecule has 0 saturated carbocycles. The molecule has 0 aliphatic heterocycles.